The smallest absolute Gasteiger partial charge is 0.319 e. The van der Waals surface area contributed by atoms with Gasteiger partial charge >= 0.3 is 12.0 Å². The number of rotatable bonds is 6. The SMILES string of the molecule is CC(C)(CCC(=O)O)NC(=O)Nc1ccc(-c2ccn[nH]2)cc1. The van der Waals surface area contributed by atoms with Gasteiger partial charge in [-0.25, -0.2) is 4.79 Å². The van der Waals surface area contributed by atoms with E-state index in [1.54, 1.807) is 32.2 Å². The molecule has 0 aliphatic heterocycles. The molecule has 2 rings (SSSR count). The van der Waals surface area contributed by atoms with Crippen molar-refractivity contribution in [1.29, 1.82) is 0 Å². The third-order valence-corrected chi connectivity index (χ3v) is 3.37. The molecule has 0 bridgehead atoms. The zero-order valence-corrected chi connectivity index (χ0v) is 13.1. The van der Waals surface area contributed by atoms with Crippen molar-refractivity contribution in [2.45, 2.75) is 32.2 Å². The molecule has 0 saturated carbocycles. The number of carbonyl (C=O) groups is 2. The van der Waals surface area contributed by atoms with E-state index >= 15 is 0 Å². The third kappa shape index (κ3) is 5.14. The molecule has 23 heavy (non-hydrogen) atoms. The van der Waals surface area contributed by atoms with E-state index in [0.29, 0.717) is 12.1 Å². The van der Waals surface area contributed by atoms with Gasteiger partial charge in [0, 0.05) is 23.8 Å². The Morgan fingerprint density at radius 3 is 2.48 bits per heavy atom. The number of hydrogen-bond acceptors (Lipinski definition) is 3. The number of nitrogens with zero attached hydrogens (tertiary/aromatic N) is 1. The van der Waals surface area contributed by atoms with E-state index in [1.165, 1.54) is 0 Å². The van der Waals surface area contributed by atoms with Crippen molar-refractivity contribution >= 4 is 17.7 Å². The van der Waals surface area contributed by atoms with Gasteiger partial charge in [-0.3, -0.25) is 9.89 Å². The highest BCUT2D eigenvalue weighted by molar-refractivity contribution is 5.90. The number of benzene rings is 1. The van der Waals surface area contributed by atoms with Gasteiger partial charge in [0.25, 0.3) is 0 Å². The summed E-state index contributed by atoms with van der Waals surface area (Å²) in [7, 11) is 0. The lowest BCUT2D eigenvalue weighted by Crippen LogP contribution is -2.45. The summed E-state index contributed by atoms with van der Waals surface area (Å²) in [5.41, 5.74) is 1.92. The third-order valence-electron chi connectivity index (χ3n) is 3.37. The van der Waals surface area contributed by atoms with Gasteiger partial charge in [0.15, 0.2) is 0 Å². The predicted octanol–water partition coefficient (Wildman–Crippen LogP) is 2.84. The summed E-state index contributed by atoms with van der Waals surface area (Å²) in [5, 5.41) is 21.0. The Morgan fingerprint density at radius 2 is 1.91 bits per heavy atom. The number of carboxylic acids is 1. The Morgan fingerprint density at radius 1 is 1.22 bits per heavy atom. The highest BCUT2D eigenvalue weighted by Gasteiger charge is 2.21. The van der Waals surface area contributed by atoms with Crippen molar-refractivity contribution in [1.82, 2.24) is 15.5 Å². The van der Waals surface area contributed by atoms with Crippen LogP contribution in [0.1, 0.15) is 26.7 Å². The number of amides is 2. The van der Waals surface area contributed by atoms with E-state index in [9.17, 15) is 9.59 Å². The van der Waals surface area contributed by atoms with Crippen LogP contribution in [0, 0.1) is 0 Å². The molecule has 0 unspecified atom stereocenters. The maximum atomic E-state index is 12.0. The molecule has 0 radical (unpaired) electrons. The van der Waals surface area contributed by atoms with Crippen LogP contribution in [0.2, 0.25) is 0 Å². The molecule has 4 N–H and O–H groups in total. The lowest BCUT2D eigenvalue weighted by Gasteiger charge is -2.25. The van der Waals surface area contributed by atoms with Gasteiger partial charge in [-0.1, -0.05) is 12.1 Å². The molecule has 0 aliphatic rings. The first-order valence-corrected chi connectivity index (χ1v) is 7.26. The molecule has 1 aromatic carbocycles. The topological polar surface area (TPSA) is 107 Å². The predicted molar refractivity (Wildman–Crippen MR) is 87.1 cm³/mol. The minimum absolute atomic E-state index is 0.00611. The van der Waals surface area contributed by atoms with E-state index in [4.69, 9.17) is 5.11 Å². The minimum Gasteiger partial charge on any atom is -0.481 e. The summed E-state index contributed by atoms with van der Waals surface area (Å²) in [6, 6.07) is 8.83. The number of aromatic nitrogens is 2. The maximum Gasteiger partial charge on any atom is 0.319 e. The number of nitrogens with one attached hydrogen (secondary N) is 3. The van der Waals surface area contributed by atoms with Gasteiger partial charge in [-0.05, 0) is 44.0 Å². The van der Waals surface area contributed by atoms with Gasteiger partial charge in [0.05, 0.1) is 5.69 Å². The van der Waals surface area contributed by atoms with Crippen LogP contribution < -0.4 is 10.6 Å². The van der Waals surface area contributed by atoms with E-state index in [2.05, 4.69) is 20.8 Å². The fourth-order valence-corrected chi connectivity index (χ4v) is 2.10. The van der Waals surface area contributed by atoms with Crippen LogP contribution in [0.5, 0.6) is 0 Å². The van der Waals surface area contributed by atoms with Crippen molar-refractivity contribution in [3.63, 3.8) is 0 Å². The van der Waals surface area contributed by atoms with Crippen molar-refractivity contribution in [2.24, 2.45) is 0 Å². The van der Waals surface area contributed by atoms with Crippen LogP contribution in [0.25, 0.3) is 11.3 Å². The largest absolute Gasteiger partial charge is 0.481 e. The molecule has 7 heteroatoms. The second-order valence-electron chi connectivity index (χ2n) is 5.90. The fraction of sp³-hybridized carbons (Fsp3) is 0.312. The summed E-state index contributed by atoms with van der Waals surface area (Å²) in [6.45, 7) is 3.58. The monoisotopic (exact) mass is 316 g/mol. The summed E-state index contributed by atoms with van der Waals surface area (Å²) >= 11 is 0. The molecule has 0 saturated heterocycles. The second kappa shape index (κ2) is 6.95. The van der Waals surface area contributed by atoms with Gasteiger partial charge in [-0.2, -0.15) is 5.10 Å². The molecular weight excluding hydrogens is 296 g/mol. The maximum absolute atomic E-state index is 12.0. The number of urea groups is 1. The first-order valence-electron chi connectivity index (χ1n) is 7.26. The van der Waals surface area contributed by atoms with E-state index in [0.717, 1.165) is 11.3 Å². The molecule has 0 aliphatic carbocycles. The van der Waals surface area contributed by atoms with Crippen LogP contribution >= 0.6 is 0 Å². The van der Waals surface area contributed by atoms with Crippen molar-refractivity contribution in [2.75, 3.05) is 5.32 Å². The van der Waals surface area contributed by atoms with E-state index in [-0.39, 0.29) is 12.5 Å². The molecular formula is C16H20N4O3. The second-order valence-corrected chi connectivity index (χ2v) is 5.90. The minimum atomic E-state index is -0.880. The summed E-state index contributed by atoms with van der Waals surface area (Å²) in [6.07, 6.45) is 2.04. The van der Waals surface area contributed by atoms with Crippen LogP contribution in [-0.2, 0) is 4.79 Å². The average molecular weight is 316 g/mol. The first kappa shape index (κ1) is 16.5. The Kier molecular flexibility index (Phi) is 5.00. The molecule has 1 heterocycles. The number of aromatic amines is 1. The molecule has 2 amide bonds. The average Bonchev–Trinajstić information content (AvgIpc) is 2.99. The van der Waals surface area contributed by atoms with Crippen LogP contribution in [0.3, 0.4) is 0 Å². The molecule has 0 atom stereocenters. The molecule has 7 nitrogen and oxygen atoms in total. The number of H-pyrrole nitrogens is 1. The first-order chi connectivity index (χ1) is 10.9. The number of carboxylic acid groups (broad SMARTS) is 1. The fourth-order valence-electron chi connectivity index (χ4n) is 2.10. The van der Waals surface area contributed by atoms with E-state index < -0.39 is 11.5 Å². The molecule has 122 valence electrons. The van der Waals surface area contributed by atoms with Gasteiger partial charge in [0.1, 0.15) is 0 Å². The lowest BCUT2D eigenvalue weighted by atomic mass is 9.99. The standard InChI is InChI=1S/C16H20N4O3/c1-16(2,9-7-14(21)22)19-15(23)18-12-5-3-11(4-6-12)13-8-10-17-20-13/h3-6,8,10H,7,9H2,1-2H3,(H,17,20)(H,21,22)(H2,18,19,23). The van der Waals surface area contributed by atoms with Crippen LogP contribution in [0.4, 0.5) is 10.5 Å². The normalized spacial score (nSPS) is 11.0. The number of hydrogen-bond donors (Lipinski definition) is 4. The van der Waals surface area contributed by atoms with Gasteiger partial charge < -0.3 is 15.7 Å². The Labute approximate surface area is 134 Å². The Bertz CT molecular complexity index is 663. The molecule has 2 aromatic rings. The zero-order chi connectivity index (χ0) is 16.9. The van der Waals surface area contributed by atoms with E-state index in [1.807, 2.05) is 18.2 Å². The number of carbonyl (C=O) groups excluding carboxylic acids is 1. The Balaban J connectivity index is 1.91. The highest BCUT2D eigenvalue weighted by atomic mass is 16.4. The van der Waals surface area contributed by atoms with Crippen molar-refractivity contribution in [3.8, 4) is 11.3 Å². The zero-order valence-electron chi connectivity index (χ0n) is 13.1. The van der Waals surface area contributed by atoms with Crippen molar-refractivity contribution < 1.29 is 14.7 Å². The Hall–Kier alpha value is -2.83. The number of anilines is 1. The highest BCUT2D eigenvalue weighted by Crippen LogP contribution is 2.19. The quantitative estimate of drug-likeness (QED) is 0.657. The van der Waals surface area contributed by atoms with Gasteiger partial charge in [-0.15, -0.1) is 0 Å². The van der Waals surface area contributed by atoms with Gasteiger partial charge in [0.2, 0.25) is 0 Å². The van der Waals surface area contributed by atoms with Crippen LogP contribution in [-0.4, -0.2) is 32.8 Å². The summed E-state index contributed by atoms with van der Waals surface area (Å²) in [5.74, 6) is -0.880. The molecule has 0 spiro atoms. The number of aliphatic carboxylic acids is 1. The molecule has 0 fully saturated rings. The summed E-state index contributed by atoms with van der Waals surface area (Å²) < 4.78 is 0. The van der Waals surface area contributed by atoms with Crippen molar-refractivity contribution in [3.05, 3.63) is 36.5 Å². The summed E-state index contributed by atoms with van der Waals surface area (Å²) in [4.78, 5) is 22.6. The lowest BCUT2D eigenvalue weighted by molar-refractivity contribution is -0.137. The van der Waals surface area contributed by atoms with Crippen LogP contribution in [0.15, 0.2) is 36.5 Å². The molecule has 1 aromatic heterocycles.